The van der Waals surface area contributed by atoms with Gasteiger partial charge in [0.15, 0.2) is 0 Å². The van der Waals surface area contributed by atoms with E-state index in [0.29, 0.717) is 11.9 Å². The highest BCUT2D eigenvalue weighted by Gasteiger charge is 2.47. The van der Waals surface area contributed by atoms with E-state index in [0.717, 1.165) is 36.5 Å². The van der Waals surface area contributed by atoms with E-state index in [-0.39, 0.29) is 16.4 Å². The van der Waals surface area contributed by atoms with Gasteiger partial charge in [-0.1, -0.05) is 18.6 Å². The van der Waals surface area contributed by atoms with Crippen molar-refractivity contribution in [3.8, 4) is 0 Å². The van der Waals surface area contributed by atoms with Crippen molar-refractivity contribution in [2.24, 2.45) is 5.41 Å². The van der Waals surface area contributed by atoms with E-state index < -0.39 is 10.0 Å². The topological polar surface area (TPSA) is 80.3 Å². The van der Waals surface area contributed by atoms with Crippen LogP contribution < -0.4 is 10.0 Å². The third kappa shape index (κ3) is 4.51. The lowest BCUT2D eigenvalue weighted by Crippen LogP contribution is -2.33. The van der Waals surface area contributed by atoms with E-state index in [2.05, 4.69) is 15.0 Å². The zero-order valence-corrected chi connectivity index (χ0v) is 19.1. The molecule has 8 heteroatoms. The van der Waals surface area contributed by atoms with Crippen molar-refractivity contribution < 1.29 is 13.2 Å². The van der Waals surface area contributed by atoms with Crippen molar-refractivity contribution >= 4 is 27.6 Å². The van der Waals surface area contributed by atoms with Gasteiger partial charge in [-0.3, -0.25) is 0 Å². The summed E-state index contributed by atoms with van der Waals surface area (Å²) >= 11 is 1.66. The van der Waals surface area contributed by atoms with E-state index in [1.54, 1.807) is 23.9 Å². The number of hydrogen-bond donors (Lipinski definition) is 2. The molecule has 30 heavy (non-hydrogen) atoms. The predicted molar refractivity (Wildman–Crippen MR) is 120 cm³/mol. The van der Waals surface area contributed by atoms with Gasteiger partial charge in [0.05, 0.1) is 6.10 Å². The van der Waals surface area contributed by atoms with Gasteiger partial charge < -0.3 is 10.1 Å². The quantitative estimate of drug-likeness (QED) is 0.590. The van der Waals surface area contributed by atoms with Crippen LogP contribution in [0, 0.1) is 5.41 Å². The standard InChI is InChI=1S/C22H29N3O3S2/c1-16(17-5-7-18(29-2)8-6-17)25-30(26,27)19-9-10-21(23-14-19)24-15-22-11-3-4-20(22)28-13-12-22/h5-10,14,16,20,25H,3-4,11-13,15H2,1-2H3,(H,23,24)/t16?,20-,22-/m1/s1. The molecular weight excluding hydrogens is 418 g/mol. The maximum atomic E-state index is 12.8. The van der Waals surface area contributed by atoms with E-state index in [1.807, 2.05) is 37.4 Å². The summed E-state index contributed by atoms with van der Waals surface area (Å²) in [7, 11) is -3.65. The Kier molecular flexibility index (Phi) is 6.39. The Morgan fingerprint density at radius 1 is 1.23 bits per heavy atom. The molecule has 0 radical (unpaired) electrons. The number of nitrogens with zero attached hydrogens (tertiary/aromatic N) is 1. The van der Waals surface area contributed by atoms with Gasteiger partial charge in [0.25, 0.3) is 0 Å². The Bertz CT molecular complexity index is 952. The van der Waals surface area contributed by atoms with Crippen molar-refractivity contribution in [1.82, 2.24) is 9.71 Å². The molecule has 1 unspecified atom stereocenters. The van der Waals surface area contributed by atoms with Crippen LogP contribution in [0.1, 0.15) is 44.2 Å². The maximum Gasteiger partial charge on any atom is 0.242 e. The molecule has 1 aromatic heterocycles. The highest BCUT2D eigenvalue weighted by Crippen LogP contribution is 2.47. The van der Waals surface area contributed by atoms with Gasteiger partial charge in [0, 0.05) is 35.7 Å². The number of anilines is 1. The summed E-state index contributed by atoms with van der Waals surface area (Å²) in [6.07, 6.45) is 8.38. The summed E-state index contributed by atoms with van der Waals surface area (Å²) in [5, 5.41) is 3.40. The van der Waals surface area contributed by atoms with Crippen molar-refractivity contribution in [3.05, 3.63) is 48.2 Å². The van der Waals surface area contributed by atoms with Crippen molar-refractivity contribution in [2.45, 2.75) is 54.5 Å². The normalized spacial score (nSPS) is 24.5. The van der Waals surface area contributed by atoms with E-state index >= 15 is 0 Å². The monoisotopic (exact) mass is 447 g/mol. The highest BCUT2D eigenvalue weighted by atomic mass is 32.2. The second-order valence-corrected chi connectivity index (χ2v) is 10.8. The molecule has 162 valence electrons. The number of fused-ring (bicyclic) bond motifs is 1. The average molecular weight is 448 g/mol. The zero-order chi connectivity index (χ0) is 21.2. The minimum absolute atomic E-state index is 0.168. The third-order valence-electron chi connectivity index (χ3n) is 6.36. The second kappa shape index (κ2) is 8.86. The molecule has 1 saturated heterocycles. The van der Waals surface area contributed by atoms with Crippen LogP contribution in [0.2, 0.25) is 0 Å². The third-order valence-corrected chi connectivity index (χ3v) is 8.63. The predicted octanol–water partition coefficient (Wildman–Crippen LogP) is 4.21. The fourth-order valence-corrected chi connectivity index (χ4v) is 6.10. The van der Waals surface area contributed by atoms with E-state index in [1.165, 1.54) is 19.0 Å². The number of nitrogens with one attached hydrogen (secondary N) is 2. The molecule has 2 N–H and O–H groups in total. The minimum atomic E-state index is -3.65. The van der Waals surface area contributed by atoms with Crippen LogP contribution in [0.25, 0.3) is 0 Å². The molecule has 6 nitrogen and oxygen atoms in total. The summed E-state index contributed by atoms with van der Waals surface area (Å²) in [6, 6.07) is 10.9. The Morgan fingerprint density at radius 3 is 2.73 bits per heavy atom. The van der Waals surface area contributed by atoms with Gasteiger partial charge in [-0.2, -0.15) is 0 Å². The van der Waals surface area contributed by atoms with Crippen molar-refractivity contribution in [3.63, 3.8) is 0 Å². The van der Waals surface area contributed by atoms with Gasteiger partial charge in [-0.25, -0.2) is 18.1 Å². The van der Waals surface area contributed by atoms with Crippen LogP contribution in [0.3, 0.4) is 0 Å². The van der Waals surface area contributed by atoms with E-state index in [9.17, 15) is 8.42 Å². The molecule has 1 aliphatic carbocycles. The average Bonchev–Trinajstić information content (AvgIpc) is 3.33. The van der Waals surface area contributed by atoms with Crippen LogP contribution in [0.4, 0.5) is 5.82 Å². The summed E-state index contributed by atoms with van der Waals surface area (Å²) in [6.45, 7) is 3.49. The van der Waals surface area contributed by atoms with Gasteiger partial charge in [-0.05, 0) is 62.3 Å². The number of pyridine rings is 1. The number of aromatic nitrogens is 1. The molecule has 2 fully saturated rings. The molecular formula is C22H29N3O3S2. The molecule has 0 spiro atoms. The van der Waals surface area contributed by atoms with Crippen molar-refractivity contribution in [1.29, 1.82) is 0 Å². The smallest absolute Gasteiger partial charge is 0.242 e. The first-order valence-corrected chi connectivity index (χ1v) is 13.1. The maximum absolute atomic E-state index is 12.8. The van der Waals surface area contributed by atoms with Crippen LogP contribution in [0.5, 0.6) is 0 Å². The van der Waals surface area contributed by atoms with Crippen molar-refractivity contribution in [2.75, 3.05) is 24.7 Å². The molecule has 0 amide bonds. The first kappa shape index (κ1) is 21.6. The van der Waals surface area contributed by atoms with Crippen LogP contribution >= 0.6 is 11.8 Å². The second-order valence-electron chi connectivity index (χ2n) is 8.21. The molecule has 4 rings (SSSR count). The summed E-state index contributed by atoms with van der Waals surface area (Å²) < 4.78 is 34.2. The fraction of sp³-hybridized carbons (Fsp3) is 0.500. The van der Waals surface area contributed by atoms with Gasteiger partial charge >= 0.3 is 0 Å². The molecule has 2 aliphatic rings. The van der Waals surface area contributed by atoms with E-state index in [4.69, 9.17) is 4.74 Å². The first-order chi connectivity index (χ1) is 14.4. The number of benzene rings is 1. The summed E-state index contributed by atoms with van der Waals surface area (Å²) in [5.74, 6) is 0.696. The van der Waals surface area contributed by atoms with Gasteiger partial charge in [-0.15, -0.1) is 11.8 Å². The lowest BCUT2D eigenvalue weighted by molar-refractivity contribution is 0.0750. The van der Waals surface area contributed by atoms with Gasteiger partial charge in [0.2, 0.25) is 10.0 Å². The molecule has 0 bridgehead atoms. The number of hydrogen-bond acceptors (Lipinski definition) is 6. The summed E-state index contributed by atoms with van der Waals surface area (Å²) in [5.41, 5.74) is 1.13. The molecule has 2 aromatic rings. The Morgan fingerprint density at radius 2 is 2.03 bits per heavy atom. The Hall–Kier alpha value is -1.61. The number of rotatable bonds is 8. The highest BCUT2D eigenvalue weighted by molar-refractivity contribution is 7.98. The fourth-order valence-electron chi connectivity index (χ4n) is 4.52. The minimum Gasteiger partial charge on any atom is -0.378 e. The summed E-state index contributed by atoms with van der Waals surface area (Å²) in [4.78, 5) is 5.66. The SMILES string of the molecule is CSc1ccc(C(C)NS(=O)(=O)c2ccc(NC[C@]34CCC[C@H]3OCC4)nc2)cc1. The van der Waals surface area contributed by atoms with Crippen LogP contribution in [-0.4, -0.2) is 38.9 Å². The number of thioether (sulfide) groups is 1. The molecule has 3 atom stereocenters. The van der Waals surface area contributed by atoms with Crippen LogP contribution in [0.15, 0.2) is 52.4 Å². The molecule has 1 saturated carbocycles. The Labute approximate surface area is 183 Å². The largest absolute Gasteiger partial charge is 0.378 e. The zero-order valence-electron chi connectivity index (χ0n) is 17.4. The first-order valence-electron chi connectivity index (χ1n) is 10.4. The lowest BCUT2D eigenvalue weighted by atomic mass is 9.83. The van der Waals surface area contributed by atoms with Crippen LogP contribution in [-0.2, 0) is 14.8 Å². The van der Waals surface area contributed by atoms with Gasteiger partial charge in [0.1, 0.15) is 10.7 Å². The lowest BCUT2D eigenvalue weighted by Gasteiger charge is -2.28. The molecule has 1 aromatic carbocycles. The molecule has 1 aliphatic heterocycles. The Balaban J connectivity index is 1.38. The number of sulfonamides is 1. The number of ether oxygens (including phenoxy) is 1. The molecule has 2 heterocycles.